The predicted octanol–water partition coefficient (Wildman–Crippen LogP) is 4.26. The summed E-state index contributed by atoms with van der Waals surface area (Å²) in [6, 6.07) is 19.9. The molecule has 4 heteroatoms. The highest BCUT2D eigenvalue weighted by atomic mass is 16.2. The maximum Gasteiger partial charge on any atom is 0.246 e. The molecule has 0 saturated carbocycles. The molecule has 3 aromatic rings. The number of fused-ring (bicyclic) bond motifs is 1. The summed E-state index contributed by atoms with van der Waals surface area (Å²) in [5.41, 5.74) is 5.62. The van der Waals surface area contributed by atoms with Crippen LogP contribution in [0.15, 0.2) is 60.7 Å². The molecule has 0 fully saturated rings. The van der Waals surface area contributed by atoms with E-state index in [4.69, 9.17) is 0 Å². The largest absolute Gasteiger partial charge is 0.335 e. The van der Waals surface area contributed by atoms with Crippen LogP contribution >= 0.6 is 0 Å². The normalized spacial score (nSPS) is 12.9. The fourth-order valence-electron chi connectivity index (χ4n) is 3.87. The van der Waals surface area contributed by atoms with Gasteiger partial charge >= 0.3 is 0 Å². The van der Waals surface area contributed by atoms with Crippen LogP contribution in [0.1, 0.15) is 28.5 Å². The highest BCUT2D eigenvalue weighted by Crippen LogP contribution is 2.30. The number of hydrogen-bond donors (Lipinski definition) is 0. The molecule has 0 saturated heterocycles. The smallest absolute Gasteiger partial charge is 0.246 e. The number of nitrogens with zero attached hydrogens (tertiary/aromatic N) is 2. The lowest BCUT2D eigenvalue weighted by Crippen LogP contribution is -2.32. The van der Waals surface area contributed by atoms with Gasteiger partial charge in [-0.2, -0.15) is 0 Å². The molecule has 1 amide bonds. The number of ketones is 1. The summed E-state index contributed by atoms with van der Waals surface area (Å²) in [7, 11) is 0. The van der Waals surface area contributed by atoms with Gasteiger partial charge in [0.25, 0.3) is 0 Å². The van der Waals surface area contributed by atoms with Crippen molar-refractivity contribution in [3.63, 3.8) is 0 Å². The Bertz CT molecular complexity index is 1020. The molecule has 2 heterocycles. The van der Waals surface area contributed by atoms with Gasteiger partial charge in [0, 0.05) is 29.2 Å². The van der Waals surface area contributed by atoms with Crippen LogP contribution in [-0.2, 0) is 17.8 Å². The van der Waals surface area contributed by atoms with Gasteiger partial charge in [-0.1, -0.05) is 48.5 Å². The summed E-state index contributed by atoms with van der Waals surface area (Å²) in [5.74, 6) is 0.0633. The fraction of sp³-hybridized carbons (Fsp3) is 0.217. The number of carbonyl (C=O) groups is 2. The maximum absolute atomic E-state index is 13.1. The van der Waals surface area contributed by atoms with E-state index in [-0.39, 0.29) is 18.2 Å². The number of carbonyl (C=O) groups excluding carboxylic acids is 2. The Morgan fingerprint density at radius 2 is 1.70 bits per heavy atom. The SMILES string of the molecule is CC(=O)c1cc(-c2ccccc2)n(CC(=O)N2CCc3ccccc32)c1C. The Kier molecular flexibility index (Phi) is 4.40. The number of aromatic nitrogens is 1. The molecular formula is C23H22N2O2. The molecule has 0 N–H and O–H groups in total. The summed E-state index contributed by atoms with van der Waals surface area (Å²) < 4.78 is 1.97. The Balaban J connectivity index is 1.71. The average molecular weight is 358 g/mol. The lowest BCUT2D eigenvalue weighted by molar-refractivity contribution is -0.119. The minimum absolute atomic E-state index is 0.0161. The zero-order chi connectivity index (χ0) is 19.0. The van der Waals surface area contributed by atoms with Crippen LogP contribution in [0.4, 0.5) is 5.69 Å². The van der Waals surface area contributed by atoms with Gasteiger partial charge in [-0.3, -0.25) is 9.59 Å². The predicted molar refractivity (Wildman–Crippen MR) is 107 cm³/mol. The van der Waals surface area contributed by atoms with E-state index in [1.165, 1.54) is 5.56 Å². The molecule has 136 valence electrons. The Hall–Kier alpha value is -3.14. The third kappa shape index (κ3) is 3.08. The second-order valence-corrected chi connectivity index (χ2v) is 6.96. The molecule has 4 nitrogen and oxygen atoms in total. The monoisotopic (exact) mass is 358 g/mol. The van der Waals surface area contributed by atoms with Gasteiger partial charge in [0.1, 0.15) is 6.54 Å². The first kappa shape index (κ1) is 17.3. The maximum atomic E-state index is 13.1. The quantitative estimate of drug-likeness (QED) is 0.654. The molecule has 0 unspecified atom stereocenters. The van der Waals surface area contributed by atoms with Crippen LogP contribution in [0.3, 0.4) is 0 Å². The fourth-order valence-corrected chi connectivity index (χ4v) is 3.87. The van der Waals surface area contributed by atoms with E-state index in [9.17, 15) is 9.59 Å². The van der Waals surface area contributed by atoms with Crippen molar-refractivity contribution in [2.24, 2.45) is 0 Å². The molecule has 0 atom stereocenters. The van der Waals surface area contributed by atoms with Gasteiger partial charge < -0.3 is 9.47 Å². The molecule has 1 aromatic heterocycles. The summed E-state index contributed by atoms with van der Waals surface area (Å²) in [6.07, 6.45) is 0.886. The zero-order valence-electron chi connectivity index (χ0n) is 15.6. The van der Waals surface area contributed by atoms with Crippen LogP contribution < -0.4 is 4.90 Å². The number of hydrogen-bond acceptors (Lipinski definition) is 2. The van der Waals surface area contributed by atoms with Crippen LogP contribution in [0.5, 0.6) is 0 Å². The number of anilines is 1. The van der Waals surface area contributed by atoms with E-state index in [0.29, 0.717) is 12.1 Å². The molecule has 27 heavy (non-hydrogen) atoms. The summed E-state index contributed by atoms with van der Waals surface area (Å²) in [4.78, 5) is 27.0. The first-order valence-corrected chi connectivity index (χ1v) is 9.21. The Labute approximate surface area is 159 Å². The lowest BCUT2D eigenvalue weighted by Gasteiger charge is -2.20. The number of benzene rings is 2. The average Bonchev–Trinajstić information content (AvgIpc) is 3.24. The minimum atomic E-state index is 0.0161. The van der Waals surface area contributed by atoms with Crippen molar-refractivity contribution in [3.05, 3.63) is 77.5 Å². The molecule has 0 aliphatic carbocycles. The molecular weight excluding hydrogens is 336 g/mol. The van der Waals surface area contributed by atoms with Gasteiger partial charge in [0.2, 0.25) is 5.91 Å². The highest BCUT2D eigenvalue weighted by Gasteiger charge is 2.26. The van der Waals surface area contributed by atoms with Crippen molar-refractivity contribution in [3.8, 4) is 11.3 Å². The minimum Gasteiger partial charge on any atom is -0.335 e. The van der Waals surface area contributed by atoms with Crippen molar-refractivity contribution in [2.75, 3.05) is 11.4 Å². The van der Waals surface area contributed by atoms with Gasteiger partial charge in [0.05, 0.1) is 0 Å². The van der Waals surface area contributed by atoms with Crippen molar-refractivity contribution < 1.29 is 9.59 Å². The summed E-state index contributed by atoms with van der Waals surface area (Å²) >= 11 is 0. The van der Waals surface area contributed by atoms with E-state index in [1.54, 1.807) is 6.92 Å². The van der Waals surface area contributed by atoms with Crippen molar-refractivity contribution >= 4 is 17.4 Å². The summed E-state index contributed by atoms with van der Waals surface area (Å²) in [6.45, 7) is 4.41. The third-order valence-electron chi connectivity index (χ3n) is 5.30. The highest BCUT2D eigenvalue weighted by molar-refractivity contribution is 5.98. The van der Waals surface area contributed by atoms with Crippen molar-refractivity contribution in [1.82, 2.24) is 4.57 Å². The molecule has 0 spiro atoms. The van der Waals surface area contributed by atoms with Crippen LogP contribution in [0.2, 0.25) is 0 Å². The van der Waals surface area contributed by atoms with E-state index in [1.807, 2.05) is 71.0 Å². The number of amides is 1. The summed E-state index contributed by atoms with van der Waals surface area (Å²) in [5, 5.41) is 0. The Morgan fingerprint density at radius 1 is 1.00 bits per heavy atom. The molecule has 1 aliphatic rings. The van der Waals surface area contributed by atoms with E-state index < -0.39 is 0 Å². The third-order valence-corrected chi connectivity index (χ3v) is 5.30. The van der Waals surface area contributed by atoms with Gasteiger partial charge in [-0.05, 0) is 43.5 Å². The molecule has 4 rings (SSSR count). The van der Waals surface area contributed by atoms with Gasteiger partial charge in [0.15, 0.2) is 5.78 Å². The second-order valence-electron chi connectivity index (χ2n) is 6.96. The lowest BCUT2D eigenvalue weighted by atomic mass is 10.1. The number of rotatable bonds is 4. The first-order valence-electron chi connectivity index (χ1n) is 9.21. The molecule has 0 radical (unpaired) electrons. The zero-order valence-corrected chi connectivity index (χ0v) is 15.6. The number of para-hydroxylation sites is 1. The van der Waals surface area contributed by atoms with Crippen molar-refractivity contribution in [1.29, 1.82) is 0 Å². The van der Waals surface area contributed by atoms with Crippen LogP contribution in [-0.4, -0.2) is 22.8 Å². The van der Waals surface area contributed by atoms with E-state index >= 15 is 0 Å². The molecule has 0 bridgehead atoms. The van der Waals surface area contributed by atoms with Crippen LogP contribution in [0, 0.1) is 6.92 Å². The second kappa shape index (κ2) is 6.88. The van der Waals surface area contributed by atoms with Crippen LogP contribution in [0.25, 0.3) is 11.3 Å². The molecule has 2 aromatic carbocycles. The Morgan fingerprint density at radius 3 is 2.44 bits per heavy atom. The number of Topliss-reactive ketones (excluding diaryl/α,β-unsaturated/α-hetero) is 1. The van der Waals surface area contributed by atoms with Crippen molar-refractivity contribution in [2.45, 2.75) is 26.8 Å². The molecule has 1 aliphatic heterocycles. The topological polar surface area (TPSA) is 42.3 Å². The standard InChI is InChI=1S/C23H22N2O2/c1-16-20(17(2)26)14-22(18-8-4-3-5-9-18)25(16)15-23(27)24-13-12-19-10-6-7-11-21(19)24/h3-11,14H,12-13,15H2,1-2H3. The van der Waals surface area contributed by atoms with Gasteiger partial charge in [-0.15, -0.1) is 0 Å². The van der Waals surface area contributed by atoms with E-state index in [0.717, 1.165) is 29.1 Å². The van der Waals surface area contributed by atoms with E-state index in [2.05, 4.69) is 6.07 Å². The first-order chi connectivity index (χ1) is 13.1. The van der Waals surface area contributed by atoms with Gasteiger partial charge in [-0.25, -0.2) is 0 Å².